The van der Waals surface area contributed by atoms with E-state index in [4.69, 9.17) is 0 Å². The van der Waals surface area contributed by atoms with Gasteiger partial charge in [-0.2, -0.15) is 0 Å². The monoisotopic (exact) mass is 385 g/mol. The van der Waals surface area contributed by atoms with Crippen molar-refractivity contribution >= 4 is 22.6 Å². The van der Waals surface area contributed by atoms with Gasteiger partial charge in [0.15, 0.2) is 0 Å². The van der Waals surface area contributed by atoms with Crippen LogP contribution in [0.3, 0.4) is 0 Å². The third kappa shape index (κ3) is 2.64. The number of aromatic nitrogens is 1. The number of hydrogen-bond donors (Lipinski definition) is 2. The van der Waals surface area contributed by atoms with Crippen LogP contribution in [0.25, 0.3) is 10.9 Å². The average Bonchev–Trinajstić information content (AvgIpc) is 3.42. The lowest BCUT2D eigenvalue weighted by Gasteiger charge is -2.24. The second-order valence-corrected chi connectivity index (χ2v) is 8.41. The number of carbonyl (C=O) groups is 1. The van der Waals surface area contributed by atoms with Crippen LogP contribution in [0.15, 0.2) is 17.1 Å². The van der Waals surface area contributed by atoms with Crippen LogP contribution in [0.2, 0.25) is 0 Å². The first-order valence-corrected chi connectivity index (χ1v) is 10.0. The maximum atomic E-state index is 15.4. The summed E-state index contributed by atoms with van der Waals surface area (Å²) in [4.78, 5) is 26.4. The number of nitrogens with zero attached hydrogens (tertiary/aromatic N) is 2. The number of anilines is 1. The minimum absolute atomic E-state index is 0.182. The van der Waals surface area contributed by atoms with Crippen molar-refractivity contribution in [1.82, 2.24) is 9.88 Å². The molecule has 28 heavy (non-hydrogen) atoms. The number of piperidine rings is 1. The number of halogens is 1. The fourth-order valence-corrected chi connectivity index (χ4v) is 4.93. The first-order chi connectivity index (χ1) is 13.5. The molecule has 2 atom stereocenters. The topological polar surface area (TPSA) is 74.6 Å². The van der Waals surface area contributed by atoms with Gasteiger partial charge < -0.3 is 19.9 Å². The highest BCUT2D eigenvalue weighted by molar-refractivity contribution is 5.95. The first-order valence-electron chi connectivity index (χ1n) is 10.0. The van der Waals surface area contributed by atoms with Crippen LogP contribution in [0.5, 0.6) is 0 Å². The van der Waals surface area contributed by atoms with E-state index in [0.29, 0.717) is 23.2 Å². The fourth-order valence-electron chi connectivity index (χ4n) is 4.93. The molecule has 2 aromatic rings. The van der Waals surface area contributed by atoms with E-state index < -0.39 is 17.2 Å². The van der Waals surface area contributed by atoms with Gasteiger partial charge in [-0.15, -0.1) is 0 Å². The van der Waals surface area contributed by atoms with E-state index in [9.17, 15) is 14.7 Å². The van der Waals surface area contributed by atoms with Crippen LogP contribution >= 0.6 is 0 Å². The molecule has 1 aliphatic carbocycles. The summed E-state index contributed by atoms with van der Waals surface area (Å²) in [6.45, 7) is 4.16. The molecule has 1 aromatic carbocycles. The van der Waals surface area contributed by atoms with E-state index in [1.54, 1.807) is 13.0 Å². The van der Waals surface area contributed by atoms with Crippen molar-refractivity contribution < 1.29 is 14.3 Å². The largest absolute Gasteiger partial charge is 0.477 e. The van der Waals surface area contributed by atoms with Crippen LogP contribution in [0.1, 0.15) is 47.6 Å². The van der Waals surface area contributed by atoms with Crippen molar-refractivity contribution in [3.05, 3.63) is 39.4 Å². The number of fused-ring (bicyclic) bond motifs is 2. The lowest BCUT2D eigenvalue weighted by molar-refractivity contribution is 0.0695. The Kier molecular flexibility index (Phi) is 3.98. The Morgan fingerprint density at radius 2 is 2.07 bits per heavy atom. The molecular formula is C21H24FN3O3. The SMILES string of the molecule is Cc1c(F)c(N2C[C@@H]3CCCN[C@@H]3C2)cc2c1c(=O)c(C(=O)O)cn2C1CC1. The summed E-state index contributed by atoms with van der Waals surface area (Å²) < 4.78 is 17.2. The van der Waals surface area contributed by atoms with Gasteiger partial charge in [-0.25, -0.2) is 9.18 Å². The smallest absolute Gasteiger partial charge is 0.341 e. The number of hydrogen-bond acceptors (Lipinski definition) is 4. The zero-order chi connectivity index (χ0) is 19.6. The van der Waals surface area contributed by atoms with Crippen molar-refractivity contribution in [3.8, 4) is 0 Å². The summed E-state index contributed by atoms with van der Waals surface area (Å²) in [6.07, 6.45) is 5.63. The van der Waals surface area contributed by atoms with Gasteiger partial charge in [-0.1, -0.05) is 0 Å². The molecule has 3 fully saturated rings. The Morgan fingerprint density at radius 1 is 1.29 bits per heavy atom. The van der Waals surface area contributed by atoms with Gasteiger partial charge in [-0.05, 0) is 51.1 Å². The first kappa shape index (κ1) is 17.7. The lowest BCUT2D eigenvalue weighted by atomic mass is 9.94. The Balaban J connectivity index is 1.69. The molecule has 1 aromatic heterocycles. The molecule has 0 radical (unpaired) electrons. The van der Waals surface area contributed by atoms with Gasteiger partial charge in [0.05, 0.1) is 16.6 Å². The van der Waals surface area contributed by atoms with Gasteiger partial charge in [-0.3, -0.25) is 4.79 Å². The standard InChI is InChI=1S/C21H24FN3O3/c1-11-18-16(25(13-4-5-13)9-14(20(18)26)21(27)28)7-17(19(11)22)24-8-12-3-2-6-23-15(12)10-24/h7,9,12-13,15,23H,2-6,8,10H2,1H3,(H,27,28)/t12-,15+/m0/s1. The molecule has 5 rings (SSSR count). The molecule has 2 aliphatic heterocycles. The number of rotatable bonds is 3. The highest BCUT2D eigenvalue weighted by Gasteiger charge is 2.36. The number of pyridine rings is 1. The third-order valence-electron chi connectivity index (χ3n) is 6.59. The quantitative estimate of drug-likeness (QED) is 0.850. The number of carboxylic acid groups (broad SMARTS) is 1. The molecule has 6 nitrogen and oxygen atoms in total. The minimum atomic E-state index is -1.26. The van der Waals surface area contributed by atoms with Crippen molar-refractivity contribution in [1.29, 1.82) is 0 Å². The van der Waals surface area contributed by atoms with E-state index in [1.807, 2.05) is 4.57 Å². The Labute approximate surface area is 161 Å². The molecule has 2 N–H and O–H groups in total. The summed E-state index contributed by atoms with van der Waals surface area (Å²) in [5, 5.41) is 13.2. The maximum absolute atomic E-state index is 15.4. The molecular weight excluding hydrogens is 361 g/mol. The minimum Gasteiger partial charge on any atom is -0.477 e. The van der Waals surface area contributed by atoms with E-state index >= 15 is 4.39 Å². The summed E-state index contributed by atoms with van der Waals surface area (Å²) >= 11 is 0. The zero-order valence-corrected chi connectivity index (χ0v) is 15.9. The van der Waals surface area contributed by atoms with Crippen LogP contribution in [0, 0.1) is 18.7 Å². The lowest BCUT2D eigenvalue weighted by Crippen LogP contribution is -2.40. The molecule has 3 aliphatic rings. The van der Waals surface area contributed by atoms with Crippen LogP contribution in [-0.4, -0.2) is 41.3 Å². The maximum Gasteiger partial charge on any atom is 0.341 e. The molecule has 1 saturated carbocycles. The van der Waals surface area contributed by atoms with Crippen LogP contribution < -0.4 is 15.6 Å². The van der Waals surface area contributed by atoms with Gasteiger partial charge in [0.1, 0.15) is 11.4 Å². The van der Waals surface area contributed by atoms with E-state index in [0.717, 1.165) is 45.3 Å². The van der Waals surface area contributed by atoms with Gasteiger partial charge in [0, 0.05) is 36.9 Å². The van der Waals surface area contributed by atoms with E-state index in [-0.39, 0.29) is 22.6 Å². The highest BCUT2D eigenvalue weighted by Crippen LogP contribution is 2.40. The predicted octanol–water partition coefficient (Wildman–Crippen LogP) is 2.67. The molecule has 2 saturated heterocycles. The number of nitrogens with one attached hydrogen (secondary N) is 1. The molecule has 0 unspecified atom stereocenters. The number of aryl methyl sites for hydroxylation is 1. The van der Waals surface area contributed by atoms with Crippen molar-refractivity contribution in [2.75, 3.05) is 24.5 Å². The van der Waals surface area contributed by atoms with Gasteiger partial charge in [0.25, 0.3) is 0 Å². The molecule has 0 amide bonds. The number of benzene rings is 1. The number of aromatic carboxylic acids is 1. The Morgan fingerprint density at radius 3 is 2.75 bits per heavy atom. The fraction of sp³-hybridized carbons (Fsp3) is 0.524. The molecule has 148 valence electrons. The predicted molar refractivity (Wildman–Crippen MR) is 105 cm³/mol. The summed E-state index contributed by atoms with van der Waals surface area (Å²) in [5.41, 5.74) is 0.537. The Bertz CT molecular complexity index is 1030. The van der Waals surface area contributed by atoms with Crippen molar-refractivity contribution in [3.63, 3.8) is 0 Å². The second-order valence-electron chi connectivity index (χ2n) is 8.41. The molecule has 7 heteroatoms. The molecule has 3 heterocycles. The summed E-state index contributed by atoms with van der Waals surface area (Å²) in [7, 11) is 0. The normalized spacial score (nSPS) is 24.6. The molecule has 0 bridgehead atoms. The third-order valence-corrected chi connectivity index (χ3v) is 6.59. The van der Waals surface area contributed by atoms with E-state index in [2.05, 4.69) is 10.2 Å². The average molecular weight is 385 g/mol. The van der Waals surface area contributed by atoms with Crippen LogP contribution in [0.4, 0.5) is 10.1 Å². The summed E-state index contributed by atoms with van der Waals surface area (Å²) in [6, 6.07) is 2.33. The molecule has 0 spiro atoms. The zero-order valence-electron chi connectivity index (χ0n) is 15.9. The van der Waals surface area contributed by atoms with Gasteiger partial charge >= 0.3 is 5.97 Å². The second kappa shape index (κ2) is 6.30. The number of carboxylic acids is 1. The Hall–Kier alpha value is -2.41. The van der Waals surface area contributed by atoms with Crippen molar-refractivity contribution in [2.45, 2.75) is 44.7 Å². The van der Waals surface area contributed by atoms with Crippen LogP contribution in [-0.2, 0) is 0 Å². The summed E-state index contributed by atoms with van der Waals surface area (Å²) in [5.74, 6) is -1.16. The van der Waals surface area contributed by atoms with E-state index in [1.165, 1.54) is 6.20 Å². The van der Waals surface area contributed by atoms with Gasteiger partial charge in [0.2, 0.25) is 5.43 Å². The highest BCUT2D eigenvalue weighted by atomic mass is 19.1. The van der Waals surface area contributed by atoms with Crippen molar-refractivity contribution in [2.24, 2.45) is 5.92 Å².